The molecule has 1 aromatic rings. The Bertz CT molecular complexity index is 388. The number of aromatic amines is 1. The molecule has 0 unspecified atom stereocenters. The van der Waals surface area contributed by atoms with E-state index in [0.29, 0.717) is 5.69 Å². The molecule has 0 aliphatic heterocycles. The highest BCUT2D eigenvalue weighted by atomic mass is 16.4. The predicted molar refractivity (Wildman–Crippen MR) is 53.9 cm³/mol. The first-order valence-corrected chi connectivity index (χ1v) is 4.71. The van der Waals surface area contributed by atoms with Gasteiger partial charge in [0.1, 0.15) is 11.7 Å². The molecule has 88 valence electrons. The number of nitrogens with one attached hydrogen (secondary N) is 2. The summed E-state index contributed by atoms with van der Waals surface area (Å²) in [7, 11) is 0. The lowest BCUT2D eigenvalue weighted by Gasteiger charge is -2.11. The highest BCUT2D eigenvalue weighted by Gasteiger charge is 2.20. The van der Waals surface area contributed by atoms with Gasteiger partial charge in [-0.2, -0.15) is 5.10 Å². The Morgan fingerprint density at radius 3 is 2.75 bits per heavy atom. The molecule has 0 saturated heterocycles. The molecule has 0 aliphatic rings. The van der Waals surface area contributed by atoms with E-state index in [-0.39, 0.29) is 18.7 Å². The number of aliphatic hydroxyl groups excluding tert-OH is 1. The van der Waals surface area contributed by atoms with Crippen LogP contribution in [0.4, 0.5) is 0 Å². The van der Waals surface area contributed by atoms with Gasteiger partial charge in [0, 0.05) is 18.7 Å². The van der Waals surface area contributed by atoms with E-state index in [1.165, 1.54) is 6.07 Å². The first kappa shape index (κ1) is 12.2. The van der Waals surface area contributed by atoms with E-state index in [9.17, 15) is 9.59 Å². The van der Waals surface area contributed by atoms with Crippen molar-refractivity contribution in [2.45, 2.75) is 19.4 Å². The predicted octanol–water partition coefficient (Wildman–Crippen LogP) is -0.716. The van der Waals surface area contributed by atoms with Crippen molar-refractivity contribution in [2.75, 3.05) is 6.61 Å². The van der Waals surface area contributed by atoms with Crippen molar-refractivity contribution in [3.63, 3.8) is 0 Å². The summed E-state index contributed by atoms with van der Waals surface area (Å²) in [5.74, 6) is -1.76. The Labute approximate surface area is 91.5 Å². The molecule has 16 heavy (non-hydrogen) atoms. The second-order valence-electron chi connectivity index (χ2n) is 3.31. The molecule has 0 aromatic carbocycles. The van der Waals surface area contributed by atoms with Gasteiger partial charge in [0.05, 0.1) is 0 Å². The Morgan fingerprint density at radius 1 is 1.62 bits per heavy atom. The number of hydrogen-bond acceptors (Lipinski definition) is 4. The van der Waals surface area contributed by atoms with Crippen molar-refractivity contribution in [1.29, 1.82) is 0 Å². The van der Waals surface area contributed by atoms with Crippen LogP contribution in [0, 0.1) is 6.92 Å². The van der Waals surface area contributed by atoms with Crippen LogP contribution in [0.25, 0.3) is 0 Å². The lowest BCUT2D eigenvalue weighted by atomic mass is 10.2. The first-order valence-electron chi connectivity index (χ1n) is 4.71. The maximum atomic E-state index is 11.5. The van der Waals surface area contributed by atoms with Crippen molar-refractivity contribution in [3.8, 4) is 0 Å². The standard InChI is InChI=1S/C9H13N3O4/c1-5-4-7(12-11-5)8(14)10-6(2-3-13)9(15)16/h4,6,13H,2-3H2,1H3,(H,10,14)(H,11,12)(H,15,16)/t6-/m0/s1. The molecule has 1 amide bonds. The van der Waals surface area contributed by atoms with Gasteiger partial charge in [-0.3, -0.25) is 9.89 Å². The van der Waals surface area contributed by atoms with Gasteiger partial charge in [-0.1, -0.05) is 0 Å². The largest absolute Gasteiger partial charge is 0.480 e. The minimum absolute atomic E-state index is 0.0372. The van der Waals surface area contributed by atoms with E-state index < -0.39 is 17.9 Å². The van der Waals surface area contributed by atoms with Gasteiger partial charge in [-0.25, -0.2) is 4.79 Å². The fourth-order valence-electron chi connectivity index (χ4n) is 1.15. The molecule has 4 N–H and O–H groups in total. The molecule has 0 radical (unpaired) electrons. The smallest absolute Gasteiger partial charge is 0.326 e. The molecule has 1 aromatic heterocycles. The molecule has 7 heteroatoms. The van der Waals surface area contributed by atoms with Crippen LogP contribution in [0.1, 0.15) is 22.6 Å². The number of aliphatic carboxylic acids is 1. The third-order valence-corrected chi connectivity index (χ3v) is 1.96. The SMILES string of the molecule is Cc1cc(C(=O)N[C@@H](CCO)C(=O)O)n[nH]1. The fraction of sp³-hybridized carbons (Fsp3) is 0.444. The molecule has 7 nitrogen and oxygen atoms in total. The number of carboxylic acid groups (broad SMARTS) is 1. The van der Waals surface area contributed by atoms with Gasteiger partial charge in [-0.05, 0) is 13.0 Å². The van der Waals surface area contributed by atoms with E-state index in [2.05, 4.69) is 15.5 Å². The molecule has 0 fully saturated rings. The lowest BCUT2D eigenvalue weighted by Crippen LogP contribution is -2.41. The summed E-state index contributed by atoms with van der Waals surface area (Å²) in [6.45, 7) is 1.42. The number of H-pyrrole nitrogens is 1. The first-order chi connectivity index (χ1) is 7.54. The zero-order chi connectivity index (χ0) is 12.1. The van der Waals surface area contributed by atoms with Crippen LogP contribution in [0.5, 0.6) is 0 Å². The van der Waals surface area contributed by atoms with Crippen molar-refractivity contribution in [2.24, 2.45) is 0 Å². The number of carbonyl (C=O) groups is 2. The van der Waals surface area contributed by atoms with Crippen LogP contribution >= 0.6 is 0 Å². The maximum absolute atomic E-state index is 11.5. The number of amides is 1. The van der Waals surface area contributed by atoms with Gasteiger partial charge in [0.2, 0.25) is 0 Å². The van der Waals surface area contributed by atoms with Crippen molar-refractivity contribution < 1.29 is 19.8 Å². The van der Waals surface area contributed by atoms with Crippen molar-refractivity contribution >= 4 is 11.9 Å². The third-order valence-electron chi connectivity index (χ3n) is 1.96. The van der Waals surface area contributed by atoms with Gasteiger partial charge in [0.25, 0.3) is 5.91 Å². The number of aromatic nitrogens is 2. The van der Waals surface area contributed by atoms with Gasteiger partial charge < -0.3 is 15.5 Å². The van der Waals surface area contributed by atoms with Crippen LogP contribution < -0.4 is 5.32 Å². The summed E-state index contributed by atoms with van der Waals surface area (Å²) in [4.78, 5) is 22.2. The Balaban J connectivity index is 2.65. The van der Waals surface area contributed by atoms with Crippen molar-refractivity contribution in [3.05, 3.63) is 17.5 Å². The zero-order valence-electron chi connectivity index (χ0n) is 8.73. The Kier molecular flexibility index (Phi) is 4.01. The molecule has 0 spiro atoms. The van der Waals surface area contributed by atoms with E-state index in [0.717, 1.165) is 0 Å². The van der Waals surface area contributed by atoms with Gasteiger partial charge in [0.15, 0.2) is 0 Å². The number of hydrogen-bond donors (Lipinski definition) is 4. The molecular formula is C9H13N3O4. The van der Waals surface area contributed by atoms with Crippen molar-refractivity contribution in [1.82, 2.24) is 15.5 Å². The average molecular weight is 227 g/mol. The topological polar surface area (TPSA) is 115 Å². The van der Waals surface area contributed by atoms with Gasteiger partial charge >= 0.3 is 5.97 Å². The number of rotatable bonds is 5. The molecular weight excluding hydrogens is 214 g/mol. The minimum Gasteiger partial charge on any atom is -0.480 e. The minimum atomic E-state index is -1.19. The summed E-state index contributed by atoms with van der Waals surface area (Å²) in [6, 6.07) is 0.405. The average Bonchev–Trinajstić information content (AvgIpc) is 2.64. The molecule has 0 aliphatic carbocycles. The summed E-state index contributed by atoms with van der Waals surface area (Å²) < 4.78 is 0. The quantitative estimate of drug-likeness (QED) is 0.530. The van der Waals surface area contributed by atoms with Crippen LogP contribution in [-0.2, 0) is 4.79 Å². The second kappa shape index (κ2) is 5.26. The maximum Gasteiger partial charge on any atom is 0.326 e. The summed E-state index contributed by atoms with van der Waals surface area (Å²) >= 11 is 0. The molecule has 1 rings (SSSR count). The lowest BCUT2D eigenvalue weighted by molar-refractivity contribution is -0.139. The summed E-state index contributed by atoms with van der Waals surface area (Å²) in [5, 5.41) is 25.9. The Hall–Kier alpha value is -1.89. The number of nitrogens with zero attached hydrogens (tertiary/aromatic N) is 1. The fourth-order valence-corrected chi connectivity index (χ4v) is 1.15. The number of carbonyl (C=O) groups excluding carboxylic acids is 1. The van der Waals surface area contributed by atoms with E-state index in [1.54, 1.807) is 6.92 Å². The highest BCUT2D eigenvalue weighted by molar-refractivity contribution is 5.94. The zero-order valence-corrected chi connectivity index (χ0v) is 8.73. The van der Waals surface area contributed by atoms with Crippen LogP contribution in [0.2, 0.25) is 0 Å². The molecule has 1 heterocycles. The monoisotopic (exact) mass is 227 g/mol. The molecule has 0 saturated carbocycles. The third kappa shape index (κ3) is 3.06. The normalized spacial score (nSPS) is 12.1. The van der Waals surface area contributed by atoms with E-state index in [1.807, 2.05) is 0 Å². The molecule has 1 atom stereocenters. The number of carboxylic acids is 1. The summed E-state index contributed by atoms with van der Waals surface area (Å²) in [6.07, 6.45) is -0.0372. The van der Waals surface area contributed by atoms with Crippen LogP contribution in [0.3, 0.4) is 0 Å². The van der Waals surface area contributed by atoms with Gasteiger partial charge in [-0.15, -0.1) is 0 Å². The number of aryl methyl sites for hydroxylation is 1. The van der Waals surface area contributed by atoms with E-state index >= 15 is 0 Å². The second-order valence-corrected chi connectivity index (χ2v) is 3.31. The Morgan fingerprint density at radius 2 is 2.31 bits per heavy atom. The highest BCUT2D eigenvalue weighted by Crippen LogP contribution is 1.99. The number of aliphatic hydroxyl groups is 1. The summed E-state index contributed by atoms with van der Waals surface area (Å²) in [5.41, 5.74) is 0.834. The van der Waals surface area contributed by atoms with E-state index in [4.69, 9.17) is 10.2 Å². The van der Waals surface area contributed by atoms with Crippen LogP contribution in [0.15, 0.2) is 6.07 Å². The molecule has 0 bridgehead atoms. The van der Waals surface area contributed by atoms with Crippen LogP contribution in [-0.4, -0.2) is 44.9 Å².